The summed E-state index contributed by atoms with van der Waals surface area (Å²) >= 11 is 2.05. The van der Waals surface area contributed by atoms with Crippen LogP contribution in [0.4, 0.5) is 0 Å². The molecule has 0 aliphatic carbocycles. The van der Waals surface area contributed by atoms with E-state index in [2.05, 4.69) is 43.4 Å². The predicted molar refractivity (Wildman–Crippen MR) is 78.9 cm³/mol. The van der Waals surface area contributed by atoms with Crippen LogP contribution in [0.2, 0.25) is 0 Å². The zero-order valence-electron chi connectivity index (χ0n) is 11.3. The average molecular weight is 265 g/mol. The van der Waals surface area contributed by atoms with Gasteiger partial charge in [0.2, 0.25) is 0 Å². The number of rotatable bonds is 6. The van der Waals surface area contributed by atoms with Crippen LogP contribution in [0.5, 0.6) is 0 Å². The van der Waals surface area contributed by atoms with Crippen LogP contribution in [0.3, 0.4) is 0 Å². The molecule has 1 aromatic carbocycles. The number of benzene rings is 1. The van der Waals surface area contributed by atoms with Crippen molar-refractivity contribution in [1.82, 2.24) is 5.32 Å². The Balaban J connectivity index is 1.82. The number of hydrogen-bond acceptors (Lipinski definition) is 3. The lowest BCUT2D eigenvalue weighted by Crippen LogP contribution is -2.27. The summed E-state index contributed by atoms with van der Waals surface area (Å²) in [5.41, 5.74) is 2.63. The van der Waals surface area contributed by atoms with Gasteiger partial charge in [0.25, 0.3) is 0 Å². The number of thioether (sulfide) groups is 1. The lowest BCUT2D eigenvalue weighted by molar-refractivity contribution is 0.0657. The summed E-state index contributed by atoms with van der Waals surface area (Å²) in [5, 5.41) is 3.63. The van der Waals surface area contributed by atoms with Gasteiger partial charge in [0.05, 0.1) is 12.7 Å². The smallest absolute Gasteiger partial charge is 0.0720 e. The molecule has 1 fully saturated rings. The summed E-state index contributed by atoms with van der Waals surface area (Å²) in [4.78, 5) is 0. The highest BCUT2D eigenvalue weighted by Crippen LogP contribution is 2.17. The van der Waals surface area contributed by atoms with Gasteiger partial charge in [0.15, 0.2) is 0 Å². The third-order valence-electron chi connectivity index (χ3n) is 3.10. The summed E-state index contributed by atoms with van der Waals surface area (Å²) in [6, 6.07) is 9.40. The van der Waals surface area contributed by atoms with E-state index < -0.39 is 0 Å². The molecule has 1 heterocycles. The Bertz CT molecular complexity index is 361. The zero-order chi connectivity index (χ0) is 12.8. The van der Waals surface area contributed by atoms with E-state index in [1.807, 2.05) is 11.8 Å². The summed E-state index contributed by atoms with van der Waals surface area (Å²) in [5.74, 6) is 2.57. The molecule has 0 bridgehead atoms. The number of nitrogens with one attached hydrogen (secondary N) is 1. The van der Waals surface area contributed by atoms with Crippen LogP contribution in [0.1, 0.15) is 31.4 Å². The van der Waals surface area contributed by atoms with E-state index in [9.17, 15) is 0 Å². The molecule has 1 N–H and O–H groups in total. The Labute approximate surface area is 114 Å². The van der Waals surface area contributed by atoms with Gasteiger partial charge in [0.1, 0.15) is 0 Å². The fourth-order valence-corrected chi connectivity index (χ4v) is 3.24. The topological polar surface area (TPSA) is 21.3 Å². The second-order valence-electron chi connectivity index (χ2n) is 5.12. The highest BCUT2D eigenvalue weighted by atomic mass is 32.2. The molecule has 0 unspecified atom stereocenters. The van der Waals surface area contributed by atoms with Crippen molar-refractivity contribution in [3.63, 3.8) is 0 Å². The fourth-order valence-electron chi connectivity index (χ4n) is 2.05. The average Bonchev–Trinajstić information content (AvgIpc) is 2.87. The van der Waals surface area contributed by atoms with Crippen molar-refractivity contribution in [1.29, 1.82) is 0 Å². The first-order chi connectivity index (χ1) is 8.74. The van der Waals surface area contributed by atoms with Crippen LogP contribution in [-0.4, -0.2) is 23.7 Å². The first-order valence-electron chi connectivity index (χ1n) is 6.74. The van der Waals surface area contributed by atoms with Crippen molar-refractivity contribution in [3.8, 4) is 0 Å². The summed E-state index contributed by atoms with van der Waals surface area (Å²) in [7, 11) is 0. The maximum atomic E-state index is 5.64. The second-order valence-corrected chi connectivity index (χ2v) is 6.27. The monoisotopic (exact) mass is 265 g/mol. The predicted octanol–water partition coefficient (Wildman–Crippen LogP) is 3.21. The molecule has 2 nitrogen and oxygen atoms in total. The van der Waals surface area contributed by atoms with Crippen LogP contribution < -0.4 is 5.32 Å². The van der Waals surface area contributed by atoms with Crippen molar-refractivity contribution in [2.75, 3.05) is 11.5 Å². The standard InChI is InChI=1S/C15H23NOS/c1-12(2)17-10-14-5-3-4-13(8-14)9-16-15-6-7-18-11-15/h3-5,8,12,15-16H,6-7,9-11H2,1-2H3/t15-/m1/s1. The van der Waals surface area contributed by atoms with Crippen LogP contribution in [0, 0.1) is 0 Å². The lowest BCUT2D eigenvalue weighted by atomic mass is 10.1. The van der Waals surface area contributed by atoms with Crippen molar-refractivity contribution >= 4 is 11.8 Å². The van der Waals surface area contributed by atoms with Crippen LogP contribution in [0.25, 0.3) is 0 Å². The zero-order valence-corrected chi connectivity index (χ0v) is 12.1. The second kappa shape index (κ2) is 7.17. The third kappa shape index (κ3) is 4.63. The summed E-state index contributed by atoms with van der Waals surface area (Å²) < 4.78 is 5.64. The largest absolute Gasteiger partial charge is 0.374 e. The Morgan fingerprint density at radius 2 is 2.22 bits per heavy atom. The maximum absolute atomic E-state index is 5.64. The molecule has 100 valence electrons. The van der Waals surface area contributed by atoms with Gasteiger partial charge in [-0.05, 0) is 37.1 Å². The summed E-state index contributed by atoms with van der Waals surface area (Å²) in [6.07, 6.45) is 1.60. The van der Waals surface area contributed by atoms with Gasteiger partial charge in [-0.15, -0.1) is 0 Å². The molecule has 0 radical (unpaired) electrons. The van der Waals surface area contributed by atoms with Gasteiger partial charge >= 0.3 is 0 Å². The van der Waals surface area contributed by atoms with E-state index >= 15 is 0 Å². The SMILES string of the molecule is CC(C)OCc1cccc(CN[C@@H]2CCSC2)c1. The van der Waals surface area contributed by atoms with Gasteiger partial charge in [-0.25, -0.2) is 0 Å². The Kier molecular flexibility index (Phi) is 5.54. The van der Waals surface area contributed by atoms with Gasteiger partial charge in [-0.1, -0.05) is 24.3 Å². The molecule has 2 rings (SSSR count). The molecule has 0 amide bonds. The number of hydrogen-bond donors (Lipinski definition) is 1. The normalized spacial score (nSPS) is 19.6. The molecular formula is C15H23NOS. The van der Waals surface area contributed by atoms with Crippen molar-refractivity contribution in [2.45, 2.75) is 45.6 Å². The minimum absolute atomic E-state index is 0.294. The highest BCUT2D eigenvalue weighted by Gasteiger charge is 2.14. The quantitative estimate of drug-likeness (QED) is 0.853. The maximum Gasteiger partial charge on any atom is 0.0720 e. The van der Waals surface area contributed by atoms with E-state index in [4.69, 9.17) is 4.74 Å². The molecule has 1 aromatic rings. The van der Waals surface area contributed by atoms with E-state index in [-0.39, 0.29) is 0 Å². The first-order valence-corrected chi connectivity index (χ1v) is 7.90. The minimum Gasteiger partial charge on any atom is -0.374 e. The Morgan fingerprint density at radius 3 is 2.94 bits per heavy atom. The Morgan fingerprint density at radius 1 is 1.39 bits per heavy atom. The third-order valence-corrected chi connectivity index (χ3v) is 4.26. The van der Waals surface area contributed by atoms with Crippen molar-refractivity contribution in [2.24, 2.45) is 0 Å². The van der Waals surface area contributed by atoms with Crippen molar-refractivity contribution < 1.29 is 4.74 Å². The molecular weight excluding hydrogens is 242 g/mol. The first kappa shape index (κ1) is 13.9. The van der Waals surface area contributed by atoms with E-state index in [0.717, 1.165) is 6.54 Å². The highest BCUT2D eigenvalue weighted by molar-refractivity contribution is 7.99. The lowest BCUT2D eigenvalue weighted by Gasteiger charge is -2.12. The Hall–Kier alpha value is -0.510. The van der Waals surface area contributed by atoms with Gasteiger partial charge in [0, 0.05) is 18.3 Å². The molecule has 1 saturated heterocycles. The van der Waals surface area contributed by atoms with Gasteiger partial charge in [-0.3, -0.25) is 0 Å². The van der Waals surface area contributed by atoms with E-state index in [0.29, 0.717) is 18.8 Å². The molecule has 0 aromatic heterocycles. The molecule has 0 saturated carbocycles. The summed E-state index contributed by atoms with van der Waals surface area (Å²) in [6.45, 7) is 5.83. The van der Waals surface area contributed by atoms with Crippen LogP contribution in [-0.2, 0) is 17.9 Å². The molecule has 18 heavy (non-hydrogen) atoms. The molecule has 0 spiro atoms. The van der Waals surface area contributed by atoms with E-state index in [1.54, 1.807) is 0 Å². The van der Waals surface area contributed by atoms with E-state index in [1.165, 1.54) is 29.1 Å². The number of ether oxygens (including phenoxy) is 1. The van der Waals surface area contributed by atoms with Crippen LogP contribution >= 0.6 is 11.8 Å². The van der Waals surface area contributed by atoms with Gasteiger partial charge < -0.3 is 10.1 Å². The molecule has 1 aliphatic heterocycles. The van der Waals surface area contributed by atoms with Gasteiger partial charge in [-0.2, -0.15) is 11.8 Å². The molecule has 1 atom stereocenters. The molecule has 3 heteroatoms. The minimum atomic E-state index is 0.294. The molecule has 1 aliphatic rings. The fraction of sp³-hybridized carbons (Fsp3) is 0.600. The van der Waals surface area contributed by atoms with Crippen molar-refractivity contribution in [3.05, 3.63) is 35.4 Å². The van der Waals surface area contributed by atoms with Crippen LogP contribution in [0.15, 0.2) is 24.3 Å².